The number of amides is 1. The lowest BCUT2D eigenvalue weighted by molar-refractivity contribution is -0.131. The molecule has 4 heteroatoms. The van der Waals surface area contributed by atoms with Crippen molar-refractivity contribution >= 4 is 5.91 Å². The lowest BCUT2D eigenvalue weighted by Gasteiger charge is -2.43. The Morgan fingerprint density at radius 1 is 1.25 bits per heavy atom. The molecule has 1 amide bonds. The van der Waals surface area contributed by atoms with E-state index in [4.69, 9.17) is 4.74 Å². The first kappa shape index (κ1) is 13.6. The Morgan fingerprint density at radius 2 is 2.05 bits per heavy atom. The van der Waals surface area contributed by atoms with E-state index in [2.05, 4.69) is 29.2 Å². The van der Waals surface area contributed by atoms with Gasteiger partial charge in [-0.05, 0) is 5.56 Å². The summed E-state index contributed by atoms with van der Waals surface area (Å²) in [6, 6.07) is 11.1. The molecule has 2 unspecified atom stereocenters. The van der Waals surface area contributed by atoms with Crippen LogP contribution in [0.1, 0.15) is 12.0 Å². The van der Waals surface area contributed by atoms with E-state index < -0.39 is 0 Å². The predicted octanol–water partition coefficient (Wildman–Crippen LogP) is 1.37. The monoisotopic (exact) mass is 274 g/mol. The van der Waals surface area contributed by atoms with Crippen molar-refractivity contribution in [2.24, 2.45) is 5.92 Å². The third-order valence-corrected chi connectivity index (χ3v) is 4.45. The van der Waals surface area contributed by atoms with Crippen molar-refractivity contribution in [1.29, 1.82) is 0 Å². The number of carbonyl (C=O) groups excluding carboxylic acids is 1. The smallest absolute Gasteiger partial charge is 0.224 e. The molecule has 2 aliphatic rings. The first-order valence-electron chi connectivity index (χ1n) is 7.32. The van der Waals surface area contributed by atoms with Crippen LogP contribution in [0.5, 0.6) is 0 Å². The molecule has 0 spiro atoms. The fourth-order valence-corrected chi connectivity index (χ4v) is 3.30. The number of carbonyl (C=O) groups is 1. The molecule has 0 radical (unpaired) electrons. The highest BCUT2D eigenvalue weighted by atomic mass is 16.5. The summed E-state index contributed by atoms with van der Waals surface area (Å²) in [6.07, 6.45) is 0.509. The fraction of sp³-hybridized carbons (Fsp3) is 0.562. The minimum atomic E-state index is 0.237. The second kappa shape index (κ2) is 5.94. The Bertz CT molecular complexity index is 463. The highest BCUT2D eigenvalue weighted by Crippen LogP contribution is 2.33. The molecule has 3 rings (SSSR count). The molecule has 4 nitrogen and oxygen atoms in total. The van der Waals surface area contributed by atoms with Crippen molar-refractivity contribution in [3.05, 3.63) is 35.9 Å². The third-order valence-electron chi connectivity index (χ3n) is 4.45. The van der Waals surface area contributed by atoms with E-state index in [9.17, 15) is 4.79 Å². The van der Waals surface area contributed by atoms with Crippen molar-refractivity contribution in [2.45, 2.75) is 19.0 Å². The summed E-state index contributed by atoms with van der Waals surface area (Å²) in [6.45, 7) is 4.46. The summed E-state index contributed by atoms with van der Waals surface area (Å²) in [5, 5.41) is 0. The standard InChI is InChI=1S/C16H22N2O2/c1-20-8-7-16(19)18-11-14-10-17(15(14)12-18)9-13-5-3-2-4-6-13/h2-6,14-15H,7-12H2,1H3. The number of ether oxygens (including phenoxy) is 1. The summed E-state index contributed by atoms with van der Waals surface area (Å²) in [5.41, 5.74) is 1.36. The van der Waals surface area contributed by atoms with Crippen molar-refractivity contribution in [3.63, 3.8) is 0 Å². The molecule has 2 saturated heterocycles. The Balaban J connectivity index is 1.52. The van der Waals surface area contributed by atoms with Crippen LogP contribution >= 0.6 is 0 Å². The fourth-order valence-electron chi connectivity index (χ4n) is 3.30. The zero-order valence-corrected chi connectivity index (χ0v) is 12.0. The maximum Gasteiger partial charge on any atom is 0.224 e. The predicted molar refractivity (Wildman–Crippen MR) is 77.2 cm³/mol. The maximum atomic E-state index is 12.0. The summed E-state index contributed by atoms with van der Waals surface area (Å²) >= 11 is 0. The number of likely N-dealkylation sites (tertiary alicyclic amines) is 2. The van der Waals surface area contributed by atoms with Gasteiger partial charge in [0.25, 0.3) is 0 Å². The van der Waals surface area contributed by atoms with Crippen LogP contribution in [0.4, 0.5) is 0 Å². The van der Waals surface area contributed by atoms with Crippen LogP contribution < -0.4 is 0 Å². The highest BCUT2D eigenvalue weighted by molar-refractivity contribution is 5.76. The summed E-state index contributed by atoms with van der Waals surface area (Å²) in [7, 11) is 1.64. The summed E-state index contributed by atoms with van der Waals surface area (Å²) in [5.74, 6) is 0.908. The second-order valence-corrected chi connectivity index (χ2v) is 5.78. The van der Waals surface area contributed by atoms with Gasteiger partial charge in [-0.25, -0.2) is 0 Å². The van der Waals surface area contributed by atoms with Gasteiger partial charge in [0.2, 0.25) is 5.91 Å². The highest BCUT2D eigenvalue weighted by Gasteiger charge is 2.46. The largest absolute Gasteiger partial charge is 0.384 e. The summed E-state index contributed by atoms with van der Waals surface area (Å²) < 4.78 is 4.98. The number of hydrogen-bond acceptors (Lipinski definition) is 3. The number of hydrogen-bond donors (Lipinski definition) is 0. The average molecular weight is 274 g/mol. The van der Waals surface area contributed by atoms with Crippen LogP contribution in [-0.4, -0.2) is 55.1 Å². The summed E-state index contributed by atoms with van der Waals surface area (Å²) in [4.78, 5) is 16.5. The van der Waals surface area contributed by atoms with Gasteiger partial charge in [0, 0.05) is 45.2 Å². The van der Waals surface area contributed by atoms with Gasteiger partial charge >= 0.3 is 0 Å². The SMILES string of the molecule is COCCC(=O)N1CC2CN(Cc3ccccc3)C2C1. The normalized spacial score (nSPS) is 25.4. The molecular weight excluding hydrogens is 252 g/mol. The van der Waals surface area contributed by atoms with Crippen LogP contribution in [0.15, 0.2) is 30.3 Å². The number of nitrogens with zero attached hydrogens (tertiary/aromatic N) is 2. The van der Waals surface area contributed by atoms with E-state index >= 15 is 0 Å². The van der Waals surface area contributed by atoms with Gasteiger partial charge in [-0.1, -0.05) is 30.3 Å². The van der Waals surface area contributed by atoms with Crippen LogP contribution in [0.25, 0.3) is 0 Å². The molecule has 0 bridgehead atoms. The molecule has 1 aromatic rings. The number of methoxy groups -OCH3 is 1. The molecule has 20 heavy (non-hydrogen) atoms. The second-order valence-electron chi connectivity index (χ2n) is 5.78. The van der Waals surface area contributed by atoms with Crippen LogP contribution in [0.2, 0.25) is 0 Å². The van der Waals surface area contributed by atoms with Gasteiger partial charge in [-0.15, -0.1) is 0 Å². The van der Waals surface area contributed by atoms with Gasteiger partial charge in [0.05, 0.1) is 13.0 Å². The van der Waals surface area contributed by atoms with Gasteiger partial charge in [0.1, 0.15) is 0 Å². The van der Waals surface area contributed by atoms with Gasteiger partial charge in [0.15, 0.2) is 0 Å². The van der Waals surface area contributed by atoms with E-state index in [-0.39, 0.29) is 5.91 Å². The molecule has 0 N–H and O–H groups in total. The molecule has 2 atom stereocenters. The molecule has 0 aliphatic carbocycles. The zero-order valence-electron chi connectivity index (χ0n) is 12.0. The van der Waals surface area contributed by atoms with Crippen molar-refractivity contribution in [3.8, 4) is 0 Å². The van der Waals surface area contributed by atoms with E-state index in [0.29, 0.717) is 25.0 Å². The van der Waals surface area contributed by atoms with E-state index in [1.807, 2.05) is 11.0 Å². The van der Waals surface area contributed by atoms with Crippen molar-refractivity contribution < 1.29 is 9.53 Å². The molecule has 2 fully saturated rings. The Hall–Kier alpha value is -1.39. The first-order chi connectivity index (χ1) is 9.78. The quantitative estimate of drug-likeness (QED) is 0.813. The van der Waals surface area contributed by atoms with E-state index in [1.165, 1.54) is 5.56 Å². The van der Waals surface area contributed by atoms with Gasteiger partial charge in [-0.2, -0.15) is 0 Å². The Labute approximate surface area is 120 Å². The number of rotatable bonds is 5. The molecular formula is C16H22N2O2. The van der Waals surface area contributed by atoms with Crippen LogP contribution in [0.3, 0.4) is 0 Å². The minimum absolute atomic E-state index is 0.237. The zero-order chi connectivity index (χ0) is 13.9. The molecule has 2 heterocycles. The van der Waals surface area contributed by atoms with Crippen molar-refractivity contribution in [2.75, 3.05) is 33.4 Å². The lowest BCUT2D eigenvalue weighted by Crippen LogP contribution is -2.54. The first-order valence-corrected chi connectivity index (χ1v) is 7.32. The molecule has 0 aromatic heterocycles. The average Bonchev–Trinajstić information content (AvgIpc) is 2.81. The maximum absolute atomic E-state index is 12.0. The van der Waals surface area contributed by atoms with Crippen molar-refractivity contribution in [1.82, 2.24) is 9.80 Å². The van der Waals surface area contributed by atoms with E-state index in [0.717, 1.165) is 26.2 Å². The molecule has 108 valence electrons. The molecule has 0 saturated carbocycles. The number of benzene rings is 1. The number of fused-ring (bicyclic) bond motifs is 1. The van der Waals surface area contributed by atoms with Gasteiger partial charge < -0.3 is 9.64 Å². The van der Waals surface area contributed by atoms with Crippen LogP contribution in [-0.2, 0) is 16.1 Å². The topological polar surface area (TPSA) is 32.8 Å². The Kier molecular flexibility index (Phi) is 4.03. The van der Waals surface area contributed by atoms with E-state index in [1.54, 1.807) is 7.11 Å². The van der Waals surface area contributed by atoms with Gasteiger partial charge in [-0.3, -0.25) is 9.69 Å². The third kappa shape index (κ3) is 2.72. The molecule has 2 aliphatic heterocycles. The Morgan fingerprint density at radius 3 is 2.80 bits per heavy atom. The minimum Gasteiger partial charge on any atom is -0.384 e. The molecule has 1 aromatic carbocycles. The lowest BCUT2D eigenvalue weighted by atomic mass is 9.91. The van der Waals surface area contributed by atoms with Crippen LogP contribution in [0, 0.1) is 5.92 Å².